The van der Waals surface area contributed by atoms with Gasteiger partial charge in [0.1, 0.15) is 0 Å². The molecule has 0 saturated heterocycles. The molecule has 4 rings (SSSR count). The Morgan fingerprint density at radius 2 is 0.778 bits per heavy atom. The van der Waals surface area contributed by atoms with Crippen LogP contribution in [0.4, 0.5) is 0 Å². The molecule has 0 aliphatic heterocycles. The number of rotatable bonds is 6. The van der Waals surface area contributed by atoms with Crippen molar-refractivity contribution in [2.45, 2.75) is 33.4 Å². The second-order valence-electron chi connectivity index (χ2n) is 9.51. The number of hydrogen-bond acceptors (Lipinski definition) is 12. The molecule has 17 nitrogen and oxygen atoms in total. The largest absolute Gasteiger partial charge is 0.478 e. The first kappa shape index (κ1) is 55.3. The number of carboxylic acids is 1. The number of carbonyl (C=O) groups is 2. The van der Waals surface area contributed by atoms with E-state index >= 15 is 0 Å². The number of nitrogens with two attached hydrogens (primary N) is 3. The predicted octanol–water partition coefficient (Wildman–Crippen LogP) is 3.69. The molecule has 26 heteroatoms. The molecule has 0 spiro atoms. The van der Waals surface area contributed by atoms with Crippen molar-refractivity contribution in [1.82, 2.24) is 6.15 Å². The van der Waals surface area contributed by atoms with Crippen molar-refractivity contribution in [3.8, 4) is 0 Å². The van der Waals surface area contributed by atoms with Gasteiger partial charge in [-0.25, -0.2) is 58.1 Å². The van der Waals surface area contributed by atoms with Gasteiger partial charge >= 0.3 is 5.97 Å². The molecule has 0 atom stereocenters. The van der Waals surface area contributed by atoms with Crippen molar-refractivity contribution in [3.05, 3.63) is 119 Å². The third-order valence-corrected chi connectivity index (χ3v) is 9.87. The molecular formula is C28H34Cl4N4O13S5. The number of aryl methyl sites for hydroxylation is 2. The van der Waals surface area contributed by atoms with Crippen molar-refractivity contribution >= 4 is 103 Å². The number of primary sulfonamides is 3. The van der Waals surface area contributed by atoms with E-state index < -0.39 is 59.6 Å². The lowest BCUT2D eigenvalue weighted by molar-refractivity contribution is 0.0696. The molecule has 0 fully saturated rings. The van der Waals surface area contributed by atoms with E-state index in [0.29, 0.717) is 0 Å². The molecule has 0 aliphatic rings. The van der Waals surface area contributed by atoms with Crippen molar-refractivity contribution in [2.24, 2.45) is 15.4 Å². The zero-order valence-corrected chi connectivity index (χ0v) is 34.8. The minimum atomic E-state index is -3.74. The Morgan fingerprint density at radius 1 is 0.556 bits per heavy atom. The van der Waals surface area contributed by atoms with Crippen LogP contribution in [0.15, 0.2) is 117 Å². The number of sulfonamides is 3. The van der Waals surface area contributed by atoms with Gasteiger partial charge in [-0.1, -0.05) is 35.4 Å². The van der Waals surface area contributed by atoms with E-state index in [1.807, 2.05) is 13.8 Å². The highest BCUT2D eigenvalue weighted by molar-refractivity contribution is 8.26. The molecule has 0 bridgehead atoms. The van der Waals surface area contributed by atoms with Crippen LogP contribution >= 0.6 is 43.6 Å². The Bertz CT molecular complexity index is 2120. The molecule has 0 radical (unpaired) electrons. The summed E-state index contributed by atoms with van der Waals surface area (Å²) in [6, 6.07) is 22.5. The second kappa shape index (κ2) is 24.4. The lowest BCUT2D eigenvalue weighted by Crippen LogP contribution is -2.12. The Balaban J connectivity index is -0.000000615. The van der Waals surface area contributed by atoms with E-state index in [1.165, 1.54) is 60.7 Å². The number of carboxylic acid groups (broad SMARTS) is 1. The number of aromatic carboxylic acids is 1. The number of hydrogen-bond donors (Lipinski definition) is 5. The van der Waals surface area contributed by atoms with Crippen molar-refractivity contribution in [2.75, 3.05) is 0 Å². The highest BCUT2D eigenvalue weighted by Crippen LogP contribution is 2.15. The summed E-state index contributed by atoms with van der Waals surface area (Å²) in [6.45, 7) is 3.76. The molecule has 0 aromatic heterocycles. The van der Waals surface area contributed by atoms with Crippen molar-refractivity contribution < 1.29 is 58.1 Å². The standard InChI is InChI=1S/C7H6ClNO3S.C7H7ClO2S.C7H7NO4S.C7H9NO2S.Cl2OS.H3N.H2O/c8-7(10)5-1-3-6(4-2-5)13(9,11)12;1-6-2-4-7(5-3-6)11(8,9)10;8-13(11,12)6-3-1-5(2-4-6)7(9)10;1-6-2-4-7(5-3-6)11(8,9)10;1-4(2)3;;/h1-4H,(H2,9,11,12);2-5H,1H3;1-4H,(H,9,10)(H2,8,11,12);2-5H,1H3,(H2,8,9,10);;1H3;1H2. The first-order valence-corrected chi connectivity index (χ1v) is 23.2. The average Bonchev–Trinajstić information content (AvgIpc) is 3.00. The monoisotopic (exact) mass is 934 g/mol. The summed E-state index contributed by atoms with van der Waals surface area (Å²) >= 11 is 5.15. The van der Waals surface area contributed by atoms with Gasteiger partial charge in [0.2, 0.25) is 39.3 Å². The Morgan fingerprint density at radius 3 is 0.981 bits per heavy atom. The van der Waals surface area contributed by atoms with E-state index in [2.05, 4.69) is 21.4 Å². The maximum atomic E-state index is 10.8. The van der Waals surface area contributed by atoms with Gasteiger partial charge in [0.25, 0.3) is 14.3 Å². The minimum Gasteiger partial charge on any atom is -0.478 e. The van der Waals surface area contributed by atoms with E-state index in [4.69, 9.17) is 47.0 Å². The van der Waals surface area contributed by atoms with E-state index in [9.17, 15) is 43.3 Å². The van der Waals surface area contributed by atoms with E-state index in [-0.39, 0.29) is 42.3 Å². The van der Waals surface area contributed by atoms with Crippen LogP contribution in [0.1, 0.15) is 31.8 Å². The molecule has 4 aromatic carbocycles. The maximum Gasteiger partial charge on any atom is 0.335 e. The predicted molar refractivity (Wildman–Crippen MR) is 208 cm³/mol. The summed E-state index contributed by atoms with van der Waals surface area (Å²) in [5.41, 5.74) is 2.27. The van der Waals surface area contributed by atoms with Gasteiger partial charge < -0.3 is 16.7 Å². The smallest absolute Gasteiger partial charge is 0.335 e. The quantitative estimate of drug-likeness (QED) is 0.172. The number of carbonyl (C=O) groups excluding carboxylic acids is 1. The highest BCUT2D eigenvalue weighted by Gasteiger charge is 2.10. The lowest BCUT2D eigenvalue weighted by Gasteiger charge is -1.97. The van der Waals surface area contributed by atoms with Gasteiger partial charge in [0.05, 0.1) is 25.1 Å². The fourth-order valence-corrected chi connectivity index (χ4v) is 5.43. The molecule has 0 heterocycles. The molecule has 12 N–H and O–H groups in total. The third-order valence-electron chi connectivity index (χ3n) is 5.49. The fraction of sp³-hybridized carbons (Fsp3) is 0.0714. The Hall–Kier alpha value is -3.07. The SMILES string of the molecule is Cc1ccc(S(=O)(=O)Cl)cc1.Cc1ccc(S(N)(=O)=O)cc1.N.NS(=O)(=O)c1ccc(C(=O)Cl)cc1.NS(=O)(=O)c1ccc(C(=O)O)cc1.O.O=S(Cl)Cl. The second-order valence-corrected chi connectivity index (χ2v) is 19.6. The molecule has 0 saturated carbocycles. The summed E-state index contributed by atoms with van der Waals surface area (Å²) in [5.74, 6) is -1.11. The first-order chi connectivity index (χ1) is 23.5. The van der Waals surface area contributed by atoms with Gasteiger partial charge in [-0.15, -0.1) is 0 Å². The summed E-state index contributed by atoms with van der Waals surface area (Å²) in [5, 5.41) is 22.4. The molecular weight excluding hydrogens is 902 g/mol. The van der Waals surface area contributed by atoms with Crippen LogP contribution in [-0.2, 0) is 48.3 Å². The molecule has 0 aliphatic carbocycles. The average molecular weight is 937 g/mol. The first-order valence-electron chi connectivity index (χ1n) is 13.1. The normalized spacial score (nSPS) is 10.7. The zero-order valence-electron chi connectivity index (χ0n) is 27.7. The highest BCUT2D eigenvalue weighted by atomic mass is 36.0. The third kappa shape index (κ3) is 23.7. The number of benzene rings is 4. The topological polar surface area (TPSA) is 353 Å². The van der Waals surface area contributed by atoms with E-state index in [0.717, 1.165) is 23.3 Å². The van der Waals surface area contributed by atoms with Crippen LogP contribution in [-0.4, -0.2) is 59.7 Å². The molecule has 54 heavy (non-hydrogen) atoms. The fourth-order valence-electron chi connectivity index (χ4n) is 2.99. The van der Waals surface area contributed by atoms with Gasteiger partial charge in [-0.2, -0.15) is 0 Å². The van der Waals surface area contributed by atoms with Crippen molar-refractivity contribution in [1.29, 1.82) is 0 Å². The Kier molecular flexibility index (Phi) is 25.0. The minimum absolute atomic E-state index is 0. The molecule has 0 amide bonds. The zero-order chi connectivity index (χ0) is 40.7. The summed E-state index contributed by atoms with van der Waals surface area (Å²) < 4.78 is 95.0. The van der Waals surface area contributed by atoms with E-state index in [1.54, 1.807) is 24.3 Å². The summed E-state index contributed by atoms with van der Waals surface area (Å²) in [6.07, 6.45) is 0. The van der Waals surface area contributed by atoms with Gasteiger partial charge in [-0.05, 0) is 98.2 Å². The maximum absolute atomic E-state index is 10.8. The van der Waals surface area contributed by atoms with Gasteiger partial charge in [0, 0.05) is 37.6 Å². The van der Waals surface area contributed by atoms with Crippen LogP contribution < -0.4 is 21.6 Å². The number of halogens is 4. The molecule has 0 unspecified atom stereocenters. The van der Waals surface area contributed by atoms with Crippen LogP contribution in [0.3, 0.4) is 0 Å². The van der Waals surface area contributed by atoms with Crippen LogP contribution in [0.25, 0.3) is 0 Å². The summed E-state index contributed by atoms with van der Waals surface area (Å²) in [7, 11) is -2.06. The molecule has 302 valence electrons. The van der Waals surface area contributed by atoms with Gasteiger partial charge in [0.15, 0.2) is 0 Å². The van der Waals surface area contributed by atoms with Crippen LogP contribution in [0.5, 0.6) is 0 Å². The lowest BCUT2D eigenvalue weighted by atomic mass is 10.2. The van der Waals surface area contributed by atoms with Crippen LogP contribution in [0.2, 0.25) is 0 Å². The summed E-state index contributed by atoms with van der Waals surface area (Å²) in [4.78, 5) is 21.1. The van der Waals surface area contributed by atoms with Crippen LogP contribution in [0, 0.1) is 13.8 Å². The van der Waals surface area contributed by atoms with Crippen molar-refractivity contribution in [3.63, 3.8) is 0 Å². The Labute approximate surface area is 333 Å². The molecule has 4 aromatic rings. The van der Waals surface area contributed by atoms with Gasteiger partial charge in [-0.3, -0.25) is 4.79 Å².